The molecule has 0 saturated carbocycles. The molecular weight excluding hydrogens is 364 g/mol. The van der Waals surface area contributed by atoms with Crippen LogP contribution in [0, 0.1) is 5.41 Å². The van der Waals surface area contributed by atoms with E-state index in [4.69, 9.17) is 4.52 Å². The molecule has 1 N–H and O–H groups in total. The number of nitrogens with zero attached hydrogens (tertiary/aromatic N) is 3. The third-order valence-electron chi connectivity index (χ3n) is 5.34. The SMILES string of the molecule is CN1CC(NC(=O)CC(C)(C)C)CC1c1nc(-c2ccc3ccccc3c2)no1. The third-order valence-corrected chi connectivity index (χ3v) is 5.34. The molecule has 0 spiro atoms. The van der Waals surface area contributed by atoms with Gasteiger partial charge in [0.25, 0.3) is 0 Å². The fraction of sp³-hybridized carbons (Fsp3) is 0.435. The van der Waals surface area contributed by atoms with Gasteiger partial charge in [0.2, 0.25) is 17.6 Å². The maximum absolute atomic E-state index is 12.3. The Morgan fingerprint density at radius 3 is 2.72 bits per heavy atom. The van der Waals surface area contributed by atoms with Crippen molar-refractivity contribution in [2.24, 2.45) is 5.41 Å². The molecule has 0 radical (unpaired) electrons. The predicted octanol–water partition coefficient (Wildman–Crippen LogP) is 4.19. The van der Waals surface area contributed by atoms with Gasteiger partial charge < -0.3 is 9.84 Å². The van der Waals surface area contributed by atoms with Crippen molar-refractivity contribution in [1.29, 1.82) is 0 Å². The van der Waals surface area contributed by atoms with Crippen LogP contribution in [0.25, 0.3) is 22.2 Å². The summed E-state index contributed by atoms with van der Waals surface area (Å²) in [6, 6.07) is 14.5. The van der Waals surface area contributed by atoms with E-state index in [9.17, 15) is 4.79 Å². The summed E-state index contributed by atoms with van der Waals surface area (Å²) in [5.74, 6) is 1.29. The number of hydrogen-bond acceptors (Lipinski definition) is 5. The van der Waals surface area contributed by atoms with E-state index in [-0.39, 0.29) is 23.4 Å². The molecule has 2 atom stereocenters. The van der Waals surface area contributed by atoms with Crippen LogP contribution in [0.1, 0.15) is 45.5 Å². The first-order valence-electron chi connectivity index (χ1n) is 10.1. The first-order chi connectivity index (χ1) is 13.8. The molecule has 1 aliphatic rings. The van der Waals surface area contributed by atoms with E-state index in [0.717, 1.165) is 23.9 Å². The van der Waals surface area contributed by atoms with Gasteiger partial charge in [0.05, 0.1) is 6.04 Å². The second-order valence-electron chi connectivity index (χ2n) is 9.21. The summed E-state index contributed by atoms with van der Waals surface area (Å²) >= 11 is 0. The monoisotopic (exact) mass is 392 g/mol. The van der Waals surface area contributed by atoms with Crippen molar-refractivity contribution < 1.29 is 9.32 Å². The van der Waals surface area contributed by atoms with Gasteiger partial charge in [-0.1, -0.05) is 62.3 Å². The van der Waals surface area contributed by atoms with Gasteiger partial charge in [-0.3, -0.25) is 9.69 Å². The number of carbonyl (C=O) groups is 1. The van der Waals surface area contributed by atoms with Crippen molar-refractivity contribution in [3.63, 3.8) is 0 Å². The van der Waals surface area contributed by atoms with Gasteiger partial charge in [0.1, 0.15) is 0 Å². The Balaban J connectivity index is 1.46. The minimum atomic E-state index is -0.0186. The summed E-state index contributed by atoms with van der Waals surface area (Å²) in [5.41, 5.74) is 0.921. The highest BCUT2D eigenvalue weighted by Gasteiger charge is 2.35. The second kappa shape index (κ2) is 7.59. The van der Waals surface area contributed by atoms with Crippen LogP contribution in [-0.2, 0) is 4.79 Å². The Hall–Kier alpha value is -2.73. The highest BCUT2D eigenvalue weighted by molar-refractivity contribution is 5.86. The number of nitrogens with one attached hydrogen (secondary N) is 1. The molecular formula is C23H28N4O2. The van der Waals surface area contributed by atoms with Crippen molar-refractivity contribution in [2.45, 2.75) is 45.7 Å². The largest absolute Gasteiger partial charge is 0.352 e. The highest BCUT2D eigenvalue weighted by atomic mass is 16.5. The third kappa shape index (κ3) is 4.48. The maximum atomic E-state index is 12.3. The Labute approximate surface area is 171 Å². The van der Waals surface area contributed by atoms with E-state index in [2.05, 4.69) is 65.4 Å². The number of carbonyl (C=O) groups excluding carboxylic acids is 1. The van der Waals surface area contributed by atoms with Crippen LogP contribution in [0.15, 0.2) is 47.0 Å². The van der Waals surface area contributed by atoms with Gasteiger partial charge in [0, 0.05) is 24.6 Å². The lowest BCUT2D eigenvalue weighted by Gasteiger charge is -2.19. The molecule has 1 fully saturated rings. The lowest BCUT2D eigenvalue weighted by molar-refractivity contribution is -0.123. The second-order valence-corrected chi connectivity index (χ2v) is 9.21. The molecule has 4 rings (SSSR count). The molecule has 0 bridgehead atoms. The Bertz CT molecular complexity index is 1020. The molecule has 6 nitrogen and oxygen atoms in total. The number of hydrogen-bond donors (Lipinski definition) is 1. The molecule has 152 valence electrons. The van der Waals surface area contributed by atoms with E-state index in [1.165, 1.54) is 5.39 Å². The lowest BCUT2D eigenvalue weighted by atomic mass is 9.92. The minimum absolute atomic E-state index is 0.0108. The lowest BCUT2D eigenvalue weighted by Crippen LogP contribution is -2.38. The van der Waals surface area contributed by atoms with Crippen LogP contribution in [0.4, 0.5) is 0 Å². The zero-order chi connectivity index (χ0) is 20.6. The topological polar surface area (TPSA) is 71.3 Å². The Kier molecular flexibility index (Phi) is 5.13. The Morgan fingerprint density at radius 2 is 1.97 bits per heavy atom. The van der Waals surface area contributed by atoms with Crippen LogP contribution >= 0.6 is 0 Å². The first kappa shape index (κ1) is 19.6. The van der Waals surface area contributed by atoms with Crippen LogP contribution in [0.2, 0.25) is 0 Å². The molecule has 2 unspecified atom stereocenters. The van der Waals surface area contributed by atoms with Crippen molar-refractivity contribution in [2.75, 3.05) is 13.6 Å². The molecule has 1 aromatic heterocycles. The fourth-order valence-electron chi connectivity index (χ4n) is 3.97. The number of likely N-dealkylation sites (N-methyl/N-ethyl adjacent to an activating group) is 1. The highest BCUT2D eigenvalue weighted by Crippen LogP contribution is 2.32. The van der Waals surface area contributed by atoms with Gasteiger partial charge in [-0.05, 0) is 35.7 Å². The number of benzene rings is 2. The molecule has 3 aromatic rings. The summed E-state index contributed by atoms with van der Waals surface area (Å²) in [5, 5.41) is 9.69. The molecule has 1 saturated heterocycles. The number of aromatic nitrogens is 2. The summed E-state index contributed by atoms with van der Waals surface area (Å²) in [7, 11) is 2.03. The minimum Gasteiger partial charge on any atom is -0.352 e. The number of fused-ring (bicyclic) bond motifs is 1. The quantitative estimate of drug-likeness (QED) is 0.721. The molecule has 29 heavy (non-hydrogen) atoms. The standard InChI is InChI=1S/C23H28N4O2/c1-23(2,3)13-20(28)24-18-12-19(27(4)14-18)22-25-21(26-29-22)17-10-9-15-7-5-6-8-16(15)11-17/h5-11,18-19H,12-14H2,1-4H3,(H,24,28). The van der Waals surface area contributed by atoms with E-state index in [0.29, 0.717) is 18.1 Å². The molecule has 2 aromatic carbocycles. The Morgan fingerprint density at radius 1 is 1.21 bits per heavy atom. The van der Waals surface area contributed by atoms with Gasteiger partial charge in [-0.25, -0.2) is 0 Å². The van der Waals surface area contributed by atoms with Gasteiger partial charge >= 0.3 is 0 Å². The van der Waals surface area contributed by atoms with E-state index >= 15 is 0 Å². The molecule has 1 aliphatic heterocycles. The van der Waals surface area contributed by atoms with Gasteiger partial charge in [-0.2, -0.15) is 4.98 Å². The molecule has 2 heterocycles. The summed E-state index contributed by atoms with van der Waals surface area (Å²) < 4.78 is 5.60. The van der Waals surface area contributed by atoms with E-state index in [1.54, 1.807) is 0 Å². The zero-order valence-corrected chi connectivity index (χ0v) is 17.5. The normalized spacial score (nSPS) is 20.3. The zero-order valence-electron chi connectivity index (χ0n) is 17.5. The average molecular weight is 393 g/mol. The van der Waals surface area contributed by atoms with Crippen molar-refractivity contribution in [1.82, 2.24) is 20.4 Å². The molecule has 6 heteroatoms. The van der Waals surface area contributed by atoms with Crippen LogP contribution in [0.5, 0.6) is 0 Å². The van der Waals surface area contributed by atoms with E-state index < -0.39 is 0 Å². The predicted molar refractivity (Wildman–Crippen MR) is 113 cm³/mol. The maximum Gasteiger partial charge on any atom is 0.244 e. The first-order valence-corrected chi connectivity index (χ1v) is 10.1. The number of likely N-dealkylation sites (tertiary alicyclic amines) is 1. The van der Waals surface area contributed by atoms with Crippen LogP contribution in [-0.4, -0.2) is 40.6 Å². The van der Waals surface area contributed by atoms with Gasteiger partial charge in [-0.15, -0.1) is 0 Å². The summed E-state index contributed by atoms with van der Waals surface area (Å²) in [6.45, 7) is 6.99. The molecule has 0 aliphatic carbocycles. The fourth-order valence-corrected chi connectivity index (χ4v) is 3.97. The average Bonchev–Trinajstić information content (AvgIpc) is 3.26. The van der Waals surface area contributed by atoms with Gasteiger partial charge in [0.15, 0.2) is 0 Å². The van der Waals surface area contributed by atoms with Crippen molar-refractivity contribution in [3.05, 3.63) is 48.4 Å². The number of rotatable bonds is 4. The van der Waals surface area contributed by atoms with Crippen LogP contribution < -0.4 is 5.32 Å². The van der Waals surface area contributed by atoms with Crippen molar-refractivity contribution >= 4 is 16.7 Å². The van der Waals surface area contributed by atoms with E-state index in [1.807, 2.05) is 25.2 Å². The summed E-state index contributed by atoms with van der Waals surface area (Å²) in [6.07, 6.45) is 1.29. The number of amides is 1. The van der Waals surface area contributed by atoms with Crippen molar-refractivity contribution in [3.8, 4) is 11.4 Å². The smallest absolute Gasteiger partial charge is 0.244 e. The summed E-state index contributed by atoms with van der Waals surface area (Å²) in [4.78, 5) is 19.1. The molecule has 1 amide bonds. The van der Waals surface area contributed by atoms with Crippen LogP contribution in [0.3, 0.4) is 0 Å².